The van der Waals surface area contributed by atoms with Gasteiger partial charge in [-0.3, -0.25) is 9.20 Å². The van der Waals surface area contributed by atoms with Gasteiger partial charge >= 0.3 is 12.3 Å². The molecule has 0 radical (unpaired) electrons. The molecule has 27 heavy (non-hydrogen) atoms. The van der Waals surface area contributed by atoms with Crippen LogP contribution < -0.4 is 10.3 Å². The lowest BCUT2D eigenvalue weighted by atomic mass is 10.2. The molecule has 1 aromatic carbocycles. The van der Waals surface area contributed by atoms with E-state index in [4.69, 9.17) is 4.74 Å². The lowest BCUT2D eigenvalue weighted by Crippen LogP contribution is -2.17. The van der Waals surface area contributed by atoms with Crippen LogP contribution in [0.15, 0.2) is 57.9 Å². The molecule has 0 saturated carbocycles. The van der Waals surface area contributed by atoms with Gasteiger partial charge in [0, 0.05) is 16.7 Å². The molecule has 0 unspecified atom stereocenters. The monoisotopic (exact) mass is 442 g/mol. The summed E-state index contributed by atoms with van der Waals surface area (Å²) in [5.41, 5.74) is 0.310. The first-order valence-electron chi connectivity index (χ1n) is 7.42. The van der Waals surface area contributed by atoms with Gasteiger partial charge in [0.2, 0.25) is 0 Å². The third kappa shape index (κ3) is 4.85. The van der Waals surface area contributed by atoms with Gasteiger partial charge in [-0.25, -0.2) is 9.78 Å². The van der Waals surface area contributed by atoms with Crippen LogP contribution in [0.3, 0.4) is 0 Å². The van der Waals surface area contributed by atoms with Gasteiger partial charge in [0.1, 0.15) is 18.0 Å². The van der Waals surface area contributed by atoms with E-state index in [0.29, 0.717) is 10.1 Å². The maximum atomic E-state index is 12.1. The quantitative estimate of drug-likeness (QED) is 0.576. The second-order valence-corrected chi connectivity index (χ2v) is 6.23. The molecule has 3 rings (SSSR count). The lowest BCUT2D eigenvalue weighted by molar-refractivity contribution is -0.274. The summed E-state index contributed by atoms with van der Waals surface area (Å²) in [5, 5.41) is 0. The topological polar surface area (TPSA) is 69.9 Å². The molecule has 0 saturated heterocycles. The zero-order valence-corrected chi connectivity index (χ0v) is 15.0. The van der Waals surface area contributed by atoms with Crippen molar-refractivity contribution in [3.8, 4) is 5.75 Å². The Morgan fingerprint density at radius 1 is 1.15 bits per heavy atom. The van der Waals surface area contributed by atoms with Crippen LogP contribution in [-0.2, 0) is 11.3 Å². The molecule has 0 bridgehead atoms. The third-order valence-corrected chi connectivity index (χ3v) is 3.82. The number of hydrogen-bond donors (Lipinski definition) is 0. The summed E-state index contributed by atoms with van der Waals surface area (Å²) >= 11 is 3.25. The molecule has 10 heteroatoms. The summed E-state index contributed by atoms with van der Waals surface area (Å²) in [7, 11) is 0. The number of pyridine rings is 1. The standard InChI is InChI=1S/C17H10BrF3N2O4/c18-11-3-6-14-22-12(7-15(24)23(14)8-11)9-26-16(25)10-1-4-13(5-2-10)27-17(19,20)21/h1-8H,9H2. The summed E-state index contributed by atoms with van der Waals surface area (Å²) < 4.78 is 47.2. The molecule has 2 heterocycles. The maximum Gasteiger partial charge on any atom is 0.573 e. The number of aromatic nitrogens is 2. The van der Waals surface area contributed by atoms with Crippen molar-refractivity contribution in [3.63, 3.8) is 0 Å². The fraction of sp³-hybridized carbons (Fsp3) is 0.118. The van der Waals surface area contributed by atoms with Crippen molar-refractivity contribution >= 4 is 27.5 Å². The third-order valence-electron chi connectivity index (χ3n) is 3.35. The number of esters is 1. The summed E-state index contributed by atoms with van der Waals surface area (Å²) in [5.74, 6) is -1.22. The zero-order valence-electron chi connectivity index (χ0n) is 13.4. The van der Waals surface area contributed by atoms with E-state index in [0.717, 1.165) is 24.3 Å². The Labute approximate surface area is 158 Å². The Balaban J connectivity index is 1.69. The van der Waals surface area contributed by atoms with Gasteiger partial charge < -0.3 is 9.47 Å². The molecule has 6 nitrogen and oxygen atoms in total. The second-order valence-electron chi connectivity index (χ2n) is 5.31. The minimum atomic E-state index is -4.81. The SMILES string of the molecule is O=C(OCc1cc(=O)n2cc(Br)ccc2n1)c1ccc(OC(F)(F)F)cc1. The highest BCUT2D eigenvalue weighted by Gasteiger charge is 2.31. The summed E-state index contributed by atoms with van der Waals surface area (Å²) in [6.45, 7) is -0.262. The second kappa shape index (κ2) is 7.39. The van der Waals surface area contributed by atoms with Crippen LogP contribution in [0.25, 0.3) is 5.65 Å². The highest BCUT2D eigenvalue weighted by molar-refractivity contribution is 9.10. The van der Waals surface area contributed by atoms with E-state index in [1.54, 1.807) is 18.3 Å². The van der Waals surface area contributed by atoms with Gasteiger partial charge in [-0.2, -0.15) is 0 Å². The number of halogens is 4. The van der Waals surface area contributed by atoms with Crippen LogP contribution in [0.1, 0.15) is 16.1 Å². The Bertz CT molecular complexity index is 1050. The van der Waals surface area contributed by atoms with Crippen molar-refractivity contribution in [2.75, 3.05) is 0 Å². The van der Waals surface area contributed by atoms with E-state index in [2.05, 4.69) is 25.7 Å². The van der Waals surface area contributed by atoms with Gasteiger partial charge in [-0.15, -0.1) is 13.2 Å². The van der Waals surface area contributed by atoms with Crippen LogP contribution in [0.5, 0.6) is 5.75 Å². The molecule has 0 aliphatic rings. The number of carbonyl (C=O) groups excluding carboxylic acids is 1. The van der Waals surface area contributed by atoms with Crippen molar-refractivity contribution < 1.29 is 27.4 Å². The first-order valence-corrected chi connectivity index (χ1v) is 8.21. The number of carbonyl (C=O) groups is 1. The molecule has 3 aromatic rings. The van der Waals surface area contributed by atoms with Crippen LogP contribution >= 0.6 is 15.9 Å². The van der Waals surface area contributed by atoms with Gasteiger partial charge in [0.05, 0.1) is 11.3 Å². The number of alkyl halides is 3. The fourth-order valence-electron chi connectivity index (χ4n) is 2.22. The molecular formula is C17H10BrF3N2O4. The Hall–Kier alpha value is -2.88. The van der Waals surface area contributed by atoms with Crippen LogP contribution in [0.2, 0.25) is 0 Å². The summed E-state index contributed by atoms with van der Waals surface area (Å²) in [6.07, 6.45) is -3.25. The molecule has 0 fully saturated rings. The van der Waals surface area contributed by atoms with Crippen LogP contribution in [0.4, 0.5) is 13.2 Å². The fourth-order valence-corrected chi connectivity index (χ4v) is 2.55. The Morgan fingerprint density at radius 3 is 2.52 bits per heavy atom. The smallest absolute Gasteiger partial charge is 0.456 e. The van der Waals surface area contributed by atoms with Crippen LogP contribution in [-0.4, -0.2) is 21.7 Å². The van der Waals surface area contributed by atoms with E-state index in [1.165, 1.54) is 10.5 Å². The van der Waals surface area contributed by atoms with Gasteiger partial charge in [-0.1, -0.05) is 0 Å². The first kappa shape index (κ1) is 18.9. The molecule has 140 valence electrons. The minimum absolute atomic E-state index is 0.0333. The average Bonchev–Trinajstić information content (AvgIpc) is 2.59. The van der Waals surface area contributed by atoms with Gasteiger partial charge in [0.15, 0.2) is 0 Å². The Kier molecular flexibility index (Phi) is 5.17. The average molecular weight is 443 g/mol. The molecule has 0 atom stereocenters. The predicted molar refractivity (Wildman–Crippen MR) is 91.4 cm³/mol. The number of ether oxygens (including phenoxy) is 2. The van der Waals surface area contributed by atoms with Crippen LogP contribution in [0, 0.1) is 0 Å². The molecule has 0 aliphatic heterocycles. The summed E-state index contributed by atoms with van der Waals surface area (Å²) in [4.78, 5) is 28.3. The van der Waals surface area contributed by atoms with E-state index in [1.807, 2.05) is 0 Å². The van der Waals surface area contributed by atoms with Gasteiger partial charge in [-0.05, 0) is 52.3 Å². The first-order chi connectivity index (χ1) is 12.7. The van der Waals surface area contributed by atoms with E-state index >= 15 is 0 Å². The number of benzene rings is 1. The summed E-state index contributed by atoms with van der Waals surface area (Å²) in [6, 6.07) is 8.85. The normalized spacial score (nSPS) is 11.4. The largest absolute Gasteiger partial charge is 0.573 e. The number of hydrogen-bond acceptors (Lipinski definition) is 5. The molecule has 0 aliphatic carbocycles. The molecule has 2 aromatic heterocycles. The van der Waals surface area contributed by atoms with Crippen molar-refractivity contribution in [1.82, 2.24) is 9.38 Å². The minimum Gasteiger partial charge on any atom is -0.456 e. The number of nitrogens with zero attached hydrogens (tertiary/aromatic N) is 2. The van der Waals surface area contributed by atoms with E-state index in [-0.39, 0.29) is 23.4 Å². The lowest BCUT2D eigenvalue weighted by Gasteiger charge is -2.09. The zero-order chi connectivity index (χ0) is 19.6. The molecule has 0 amide bonds. The van der Waals surface area contributed by atoms with E-state index < -0.39 is 18.1 Å². The molecular weight excluding hydrogens is 433 g/mol. The number of fused-ring (bicyclic) bond motifs is 1. The van der Waals surface area contributed by atoms with Crippen molar-refractivity contribution in [2.45, 2.75) is 13.0 Å². The highest BCUT2D eigenvalue weighted by atomic mass is 79.9. The van der Waals surface area contributed by atoms with Gasteiger partial charge in [0.25, 0.3) is 5.56 Å². The highest BCUT2D eigenvalue weighted by Crippen LogP contribution is 2.23. The molecule has 0 spiro atoms. The predicted octanol–water partition coefficient (Wildman–Crippen LogP) is 3.71. The van der Waals surface area contributed by atoms with Crippen molar-refractivity contribution in [2.24, 2.45) is 0 Å². The molecule has 0 N–H and O–H groups in total. The number of rotatable bonds is 4. The van der Waals surface area contributed by atoms with Crippen molar-refractivity contribution in [1.29, 1.82) is 0 Å². The van der Waals surface area contributed by atoms with Crippen molar-refractivity contribution in [3.05, 3.63) is 74.7 Å². The van der Waals surface area contributed by atoms with E-state index in [9.17, 15) is 22.8 Å². The Morgan fingerprint density at radius 2 is 1.85 bits per heavy atom. The maximum absolute atomic E-state index is 12.1.